The zero-order valence-corrected chi connectivity index (χ0v) is 12.3. The number of hydrogen-bond donors (Lipinski definition) is 0. The van der Waals surface area contributed by atoms with Crippen molar-refractivity contribution in [1.82, 2.24) is 9.80 Å². The number of benzene rings is 1. The number of piperidine rings is 1. The van der Waals surface area contributed by atoms with E-state index in [9.17, 15) is 0 Å². The van der Waals surface area contributed by atoms with Crippen LogP contribution in [0.1, 0.15) is 31.2 Å². The third-order valence-corrected chi connectivity index (χ3v) is 4.93. The van der Waals surface area contributed by atoms with E-state index in [0.717, 1.165) is 17.6 Å². The second-order valence-electron chi connectivity index (χ2n) is 5.84. The molecule has 0 spiro atoms. The highest BCUT2D eigenvalue weighted by Gasteiger charge is 2.26. The lowest BCUT2D eigenvalue weighted by Gasteiger charge is -2.36. The van der Waals surface area contributed by atoms with Crippen molar-refractivity contribution < 1.29 is 0 Å². The summed E-state index contributed by atoms with van der Waals surface area (Å²) >= 11 is 6.24. The molecule has 1 aromatic rings. The van der Waals surface area contributed by atoms with E-state index in [1.165, 1.54) is 57.4 Å². The molecule has 0 aromatic heterocycles. The Balaban J connectivity index is 1.51. The van der Waals surface area contributed by atoms with Crippen LogP contribution in [0.5, 0.6) is 0 Å². The van der Waals surface area contributed by atoms with Gasteiger partial charge in [-0.15, -0.1) is 0 Å². The van der Waals surface area contributed by atoms with Crippen LogP contribution in [0.2, 0.25) is 5.02 Å². The summed E-state index contributed by atoms with van der Waals surface area (Å²) in [6, 6.07) is 9.07. The van der Waals surface area contributed by atoms with Crippen LogP contribution in [-0.2, 0) is 6.54 Å². The monoisotopic (exact) mass is 278 g/mol. The van der Waals surface area contributed by atoms with E-state index in [4.69, 9.17) is 11.6 Å². The van der Waals surface area contributed by atoms with Crippen molar-refractivity contribution in [2.75, 3.05) is 26.2 Å². The number of likely N-dealkylation sites (tertiary alicyclic amines) is 2. The highest BCUT2D eigenvalue weighted by atomic mass is 35.5. The molecule has 0 unspecified atom stereocenters. The van der Waals surface area contributed by atoms with Crippen molar-refractivity contribution in [2.45, 2.75) is 38.3 Å². The molecule has 2 aliphatic heterocycles. The van der Waals surface area contributed by atoms with Gasteiger partial charge in [0.2, 0.25) is 0 Å². The number of halogens is 1. The summed E-state index contributed by atoms with van der Waals surface area (Å²) in [4.78, 5) is 5.25. The van der Waals surface area contributed by atoms with Crippen molar-refractivity contribution in [3.05, 3.63) is 34.9 Å². The molecule has 2 aliphatic rings. The van der Waals surface area contributed by atoms with Gasteiger partial charge in [0.15, 0.2) is 0 Å². The van der Waals surface area contributed by atoms with Gasteiger partial charge in [-0.1, -0.05) is 29.8 Å². The van der Waals surface area contributed by atoms with Gasteiger partial charge in [-0.3, -0.25) is 4.90 Å². The normalized spacial score (nSPS) is 23.0. The first-order valence-electron chi connectivity index (χ1n) is 7.53. The van der Waals surface area contributed by atoms with Gasteiger partial charge in [0, 0.05) is 17.6 Å². The van der Waals surface area contributed by atoms with Gasteiger partial charge in [-0.2, -0.15) is 0 Å². The van der Waals surface area contributed by atoms with Crippen LogP contribution in [0.4, 0.5) is 0 Å². The first-order valence-corrected chi connectivity index (χ1v) is 7.90. The molecule has 2 heterocycles. The maximum absolute atomic E-state index is 6.24. The van der Waals surface area contributed by atoms with Crippen LogP contribution < -0.4 is 0 Å². The van der Waals surface area contributed by atoms with Gasteiger partial charge in [0.25, 0.3) is 0 Å². The van der Waals surface area contributed by atoms with Gasteiger partial charge in [-0.05, 0) is 63.5 Å². The van der Waals surface area contributed by atoms with Crippen LogP contribution in [0, 0.1) is 0 Å². The standard InChI is InChI=1S/C16H23ClN2/c17-16-6-2-1-5-14(16)13-18-11-7-15(8-12-18)19-9-3-4-10-19/h1-2,5-6,15H,3-4,7-13H2. The Kier molecular flexibility index (Phi) is 4.42. The smallest absolute Gasteiger partial charge is 0.0451 e. The summed E-state index contributed by atoms with van der Waals surface area (Å²) < 4.78 is 0. The number of nitrogens with zero attached hydrogens (tertiary/aromatic N) is 2. The first-order chi connectivity index (χ1) is 9.33. The fourth-order valence-corrected chi connectivity index (χ4v) is 3.61. The lowest BCUT2D eigenvalue weighted by Crippen LogP contribution is -2.43. The largest absolute Gasteiger partial charge is 0.300 e. The molecule has 0 saturated carbocycles. The highest BCUT2D eigenvalue weighted by Crippen LogP contribution is 2.23. The van der Waals surface area contributed by atoms with E-state index in [1.807, 2.05) is 12.1 Å². The van der Waals surface area contributed by atoms with E-state index in [0.29, 0.717) is 0 Å². The van der Waals surface area contributed by atoms with Crippen LogP contribution in [0.3, 0.4) is 0 Å². The van der Waals surface area contributed by atoms with Gasteiger partial charge in [0.05, 0.1) is 0 Å². The van der Waals surface area contributed by atoms with Crippen molar-refractivity contribution in [2.24, 2.45) is 0 Å². The Labute approximate surface area is 121 Å². The summed E-state index contributed by atoms with van der Waals surface area (Å²) in [6.07, 6.45) is 5.45. The van der Waals surface area contributed by atoms with E-state index in [-0.39, 0.29) is 0 Å². The van der Waals surface area contributed by atoms with Crippen LogP contribution in [-0.4, -0.2) is 42.0 Å². The fraction of sp³-hybridized carbons (Fsp3) is 0.625. The minimum Gasteiger partial charge on any atom is -0.300 e. The molecule has 2 saturated heterocycles. The van der Waals surface area contributed by atoms with Gasteiger partial charge < -0.3 is 4.90 Å². The molecular formula is C16H23ClN2. The molecule has 2 fully saturated rings. The fourth-order valence-electron chi connectivity index (χ4n) is 3.42. The molecular weight excluding hydrogens is 256 g/mol. The molecule has 0 amide bonds. The van der Waals surface area contributed by atoms with Crippen LogP contribution in [0.15, 0.2) is 24.3 Å². The van der Waals surface area contributed by atoms with Gasteiger partial charge in [0.1, 0.15) is 0 Å². The average molecular weight is 279 g/mol. The minimum atomic E-state index is 0.838. The zero-order valence-electron chi connectivity index (χ0n) is 11.5. The van der Waals surface area contributed by atoms with Gasteiger partial charge in [-0.25, -0.2) is 0 Å². The zero-order chi connectivity index (χ0) is 13.1. The van der Waals surface area contributed by atoms with E-state index < -0.39 is 0 Å². The van der Waals surface area contributed by atoms with Crippen LogP contribution in [0.25, 0.3) is 0 Å². The minimum absolute atomic E-state index is 0.838. The molecule has 0 bridgehead atoms. The molecule has 104 valence electrons. The topological polar surface area (TPSA) is 6.48 Å². The Bertz CT molecular complexity index is 407. The van der Waals surface area contributed by atoms with E-state index in [1.54, 1.807) is 0 Å². The van der Waals surface area contributed by atoms with Crippen molar-refractivity contribution >= 4 is 11.6 Å². The predicted octanol–water partition coefficient (Wildman–Crippen LogP) is 3.40. The Morgan fingerprint density at radius 1 is 1.00 bits per heavy atom. The second-order valence-corrected chi connectivity index (χ2v) is 6.25. The number of rotatable bonds is 3. The summed E-state index contributed by atoms with van der Waals surface area (Å²) in [7, 11) is 0. The molecule has 0 atom stereocenters. The Morgan fingerprint density at radius 3 is 2.37 bits per heavy atom. The Morgan fingerprint density at radius 2 is 1.68 bits per heavy atom. The van der Waals surface area contributed by atoms with Crippen molar-refractivity contribution in [3.8, 4) is 0 Å². The molecule has 3 rings (SSSR count). The summed E-state index contributed by atoms with van der Waals surface area (Å²) in [5, 5.41) is 0.907. The highest BCUT2D eigenvalue weighted by molar-refractivity contribution is 6.31. The number of hydrogen-bond acceptors (Lipinski definition) is 2. The predicted molar refractivity (Wildman–Crippen MR) is 80.6 cm³/mol. The first kappa shape index (κ1) is 13.4. The van der Waals surface area contributed by atoms with E-state index in [2.05, 4.69) is 21.9 Å². The average Bonchev–Trinajstić information content (AvgIpc) is 2.96. The molecule has 1 aromatic carbocycles. The summed E-state index contributed by atoms with van der Waals surface area (Å²) in [6.45, 7) is 6.09. The second kappa shape index (κ2) is 6.25. The van der Waals surface area contributed by atoms with Crippen LogP contribution >= 0.6 is 11.6 Å². The molecule has 0 radical (unpaired) electrons. The summed E-state index contributed by atoms with van der Waals surface area (Å²) in [5.74, 6) is 0. The maximum atomic E-state index is 6.24. The quantitative estimate of drug-likeness (QED) is 0.836. The SMILES string of the molecule is Clc1ccccc1CN1CCC(N2CCCC2)CC1. The summed E-state index contributed by atoms with van der Waals surface area (Å²) in [5.41, 5.74) is 1.27. The third kappa shape index (κ3) is 3.31. The van der Waals surface area contributed by atoms with Crippen molar-refractivity contribution in [3.63, 3.8) is 0 Å². The molecule has 3 heteroatoms. The lowest BCUT2D eigenvalue weighted by atomic mass is 10.0. The lowest BCUT2D eigenvalue weighted by molar-refractivity contribution is 0.122. The third-order valence-electron chi connectivity index (χ3n) is 4.57. The van der Waals surface area contributed by atoms with Gasteiger partial charge >= 0.3 is 0 Å². The molecule has 0 N–H and O–H groups in total. The molecule has 2 nitrogen and oxygen atoms in total. The molecule has 0 aliphatic carbocycles. The van der Waals surface area contributed by atoms with E-state index >= 15 is 0 Å². The maximum Gasteiger partial charge on any atom is 0.0451 e. The van der Waals surface area contributed by atoms with Crippen molar-refractivity contribution in [1.29, 1.82) is 0 Å². The Hall–Kier alpha value is -0.570. The molecule has 19 heavy (non-hydrogen) atoms.